The van der Waals surface area contributed by atoms with Crippen LogP contribution in [-0.4, -0.2) is 16.2 Å². The average molecular weight is 277 g/mol. The smallest absolute Gasteiger partial charge is 0.120 e. The summed E-state index contributed by atoms with van der Waals surface area (Å²) in [5, 5.41) is 13.2. The quantitative estimate of drug-likeness (QED) is 0.909. The van der Waals surface area contributed by atoms with Gasteiger partial charge in [-0.3, -0.25) is 0 Å². The lowest BCUT2D eigenvalue weighted by Crippen LogP contribution is -2.07. The van der Waals surface area contributed by atoms with Crippen LogP contribution < -0.4 is 4.74 Å². The minimum Gasteiger partial charge on any atom is -0.491 e. The van der Waals surface area contributed by atoms with Crippen LogP contribution in [0.2, 0.25) is 0 Å². The zero-order valence-electron chi connectivity index (χ0n) is 11.5. The average Bonchev–Trinajstić information content (AvgIpc) is 2.74. The van der Waals surface area contributed by atoms with Gasteiger partial charge in [-0.25, -0.2) is 4.98 Å². The molecule has 0 aliphatic carbocycles. The molecule has 19 heavy (non-hydrogen) atoms. The highest BCUT2D eigenvalue weighted by Gasteiger charge is 2.12. The lowest BCUT2D eigenvalue weighted by Gasteiger charge is -2.13. The standard InChI is InChI=1S/C15H19NO2S/c1-10(2)18-13-6-4-5-12(7-13)14(17)8-15-16-11(3)9-19-15/h4-7,9-10,14,17H,8H2,1-3H3. The Balaban J connectivity index is 2.08. The highest BCUT2D eigenvalue weighted by atomic mass is 32.1. The Bertz CT molecular complexity index is 536. The van der Waals surface area contributed by atoms with Crippen molar-refractivity contribution in [3.05, 3.63) is 45.9 Å². The molecule has 102 valence electrons. The Labute approximate surface area is 117 Å². The summed E-state index contributed by atoms with van der Waals surface area (Å²) in [6, 6.07) is 7.62. The number of thiazole rings is 1. The van der Waals surface area contributed by atoms with E-state index in [0.29, 0.717) is 6.42 Å². The van der Waals surface area contributed by atoms with Crippen molar-refractivity contribution in [2.45, 2.75) is 39.4 Å². The van der Waals surface area contributed by atoms with E-state index < -0.39 is 6.10 Å². The third-order valence-electron chi connectivity index (χ3n) is 2.65. The second-order valence-corrected chi connectivity index (χ2v) is 5.78. The van der Waals surface area contributed by atoms with Crippen molar-refractivity contribution < 1.29 is 9.84 Å². The van der Waals surface area contributed by atoms with Gasteiger partial charge < -0.3 is 9.84 Å². The van der Waals surface area contributed by atoms with E-state index in [1.165, 1.54) is 0 Å². The summed E-state index contributed by atoms with van der Waals surface area (Å²) < 4.78 is 5.64. The third-order valence-corrected chi connectivity index (χ3v) is 3.64. The molecule has 0 radical (unpaired) electrons. The fourth-order valence-corrected chi connectivity index (χ4v) is 2.66. The van der Waals surface area contributed by atoms with E-state index in [1.807, 2.05) is 50.4 Å². The van der Waals surface area contributed by atoms with E-state index in [9.17, 15) is 5.11 Å². The fourth-order valence-electron chi connectivity index (χ4n) is 1.85. The van der Waals surface area contributed by atoms with Crippen molar-refractivity contribution in [3.63, 3.8) is 0 Å². The van der Waals surface area contributed by atoms with Gasteiger partial charge in [-0.1, -0.05) is 12.1 Å². The number of aliphatic hydroxyl groups is 1. The molecule has 0 bridgehead atoms. The summed E-state index contributed by atoms with van der Waals surface area (Å²) in [4.78, 5) is 4.37. The van der Waals surface area contributed by atoms with Crippen molar-refractivity contribution in [3.8, 4) is 5.75 Å². The summed E-state index contributed by atoms with van der Waals surface area (Å²) in [5.41, 5.74) is 1.87. The van der Waals surface area contributed by atoms with Crippen LogP contribution in [0.3, 0.4) is 0 Å². The molecule has 1 aromatic heterocycles. The fraction of sp³-hybridized carbons (Fsp3) is 0.400. The van der Waals surface area contributed by atoms with Gasteiger partial charge >= 0.3 is 0 Å². The molecule has 4 heteroatoms. The zero-order chi connectivity index (χ0) is 13.8. The van der Waals surface area contributed by atoms with Crippen molar-refractivity contribution in [1.82, 2.24) is 4.98 Å². The largest absolute Gasteiger partial charge is 0.491 e. The lowest BCUT2D eigenvalue weighted by atomic mass is 10.1. The summed E-state index contributed by atoms with van der Waals surface area (Å²) >= 11 is 1.59. The first-order valence-electron chi connectivity index (χ1n) is 6.40. The maximum atomic E-state index is 10.3. The number of nitrogens with zero attached hydrogens (tertiary/aromatic N) is 1. The molecule has 1 N–H and O–H groups in total. The predicted molar refractivity (Wildman–Crippen MR) is 77.7 cm³/mol. The first-order chi connectivity index (χ1) is 9.04. The van der Waals surface area contributed by atoms with Gasteiger partial charge in [0.15, 0.2) is 0 Å². The molecule has 0 aliphatic heterocycles. The Hall–Kier alpha value is -1.39. The number of aliphatic hydroxyl groups excluding tert-OH is 1. The SMILES string of the molecule is Cc1csc(CC(O)c2cccc(OC(C)C)c2)n1. The highest BCUT2D eigenvalue weighted by Crippen LogP contribution is 2.24. The van der Waals surface area contributed by atoms with Crippen molar-refractivity contribution in [2.24, 2.45) is 0 Å². The zero-order valence-corrected chi connectivity index (χ0v) is 12.3. The van der Waals surface area contributed by atoms with Crippen LogP contribution in [0.15, 0.2) is 29.6 Å². The van der Waals surface area contributed by atoms with E-state index in [2.05, 4.69) is 4.98 Å². The van der Waals surface area contributed by atoms with E-state index in [0.717, 1.165) is 22.0 Å². The molecule has 1 atom stereocenters. The van der Waals surface area contributed by atoms with E-state index in [1.54, 1.807) is 11.3 Å². The summed E-state index contributed by atoms with van der Waals surface area (Å²) in [6.45, 7) is 5.94. The molecule has 1 heterocycles. The highest BCUT2D eigenvalue weighted by molar-refractivity contribution is 7.09. The molecule has 2 aromatic rings. The maximum Gasteiger partial charge on any atom is 0.120 e. The van der Waals surface area contributed by atoms with Crippen LogP contribution in [0.5, 0.6) is 5.75 Å². The van der Waals surface area contributed by atoms with Crippen molar-refractivity contribution >= 4 is 11.3 Å². The van der Waals surface area contributed by atoms with Gasteiger partial charge in [0.05, 0.1) is 17.2 Å². The number of rotatable bonds is 5. The molecule has 1 unspecified atom stereocenters. The monoisotopic (exact) mass is 277 g/mol. The Morgan fingerprint density at radius 1 is 1.37 bits per heavy atom. The molecular weight excluding hydrogens is 258 g/mol. The first kappa shape index (κ1) is 14.0. The van der Waals surface area contributed by atoms with Gasteiger partial charge in [-0.2, -0.15) is 0 Å². The van der Waals surface area contributed by atoms with Gasteiger partial charge in [-0.05, 0) is 38.5 Å². The predicted octanol–water partition coefficient (Wildman–Crippen LogP) is 3.51. The second-order valence-electron chi connectivity index (χ2n) is 4.84. The maximum absolute atomic E-state index is 10.3. The molecule has 1 aromatic carbocycles. The normalized spacial score (nSPS) is 12.7. The van der Waals surface area contributed by atoms with E-state index >= 15 is 0 Å². The summed E-state index contributed by atoms with van der Waals surface area (Å²) in [6.07, 6.45) is 0.138. The van der Waals surface area contributed by atoms with Crippen LogP contribution >= 0.6 is 11.3 Å². The van der Waals surface area contributed by atoms with E-state index in [-0.39, 0.29) is 6.10 Å². The second kappa shape index (κ2) is 6.17. The van der Waals surface area contributed by atoms with Gasteiger partial charge in [-0.15, -0.1) is 11.3 Å². The van der Waals surface area contributed by atoms with Gasteiger partial charge in [0.2, 0.25) is 0 Å². The lowest BCUT2D eigenvalue weighted by molar-refractivity contribution is 0.177. The van der Waals surface area contributed by atoms with E-state index in [4.69, 9.17) is 4.74 Å². The first-order valence-corrected chi connectivity index (χ1v) is 7.28. The summed E-state index contributed by atoms with van der Waals surface area (Å²) in [5.74, 6) is 0.793. The Morgan fingerprint density at radius 3 is 2.79 bits per heavy atom. The summed E-state index contributed by atoms with van der Waals surface area (Å²) in [7, 11) is 0. The van der Waals surface area contributed by atoms with Crippen molar-refractivity contribution in [1.29, 1.82) is 0 Å². The number of aryl methyl sites for hydroxylation is 1. The van der Waals surface area contributed by atoms with Crippen LogP contribution in [0.4, 0.5) is 0 Å². The molecule has 0 amide bonds. The number of benzene rings is 1. The van der Waals surface area contributed by atoms with Crippen LogP contribution in [-0.2, 0) is 6.42 Å². The van der Waals surface area contributed by atoms with Gasteiger partial charge in [0, 0.05) is 17.5 Å². The Kier molecular flexibility index (Phi) is 4.56. The molecule has 2 rings (SSSR count). The van der Waals surface area contributed by atoms with Crippen molar-refractivity contribution in [2.75, 3.05) is 0 Å². The number of aromatic nitrogens is 1. The molecule has 0 saturated carbocycles. The minimum atomic E-state index is -0.540. The molecular formula is C15H19NO2S. The number of ether oxygens (including phenoxy) is 1. The molecule has 0 aliphatic rings. The van der Waals surface area contributed by atoms with Crippen LogP contribution in [0.25, 0.3) is 0 Å². The Morgan fingerprint density at radius 2 is 2.16 bits per heavy atom. The minimum absolute atomic E-state index is 0.133. The van der Waals surface area contributed by atoms with Gasteiger partial charge in [0.25, 0.3) is 0 Å². The third kappa shape index (κ3) is 4.04. The molecule has 0 spiro atoms. The molecule has 0 fully saturated rings. The number of hydrogen-bond acceptors (Lipinski definition) is 4. The molecule has 3 nitrogen and oxygen atoms in total. The number of hydrogen-bond donors (Lipinski definition) is 1. The van der Waals surface area contributed by atoms with Crippen LogP contribution in [0.1, 0.15) is 36.2 Å². The topological polar surface area (TPSA) is 42.4 Å². The van der Waals surface area contributed by atoms with Gasteiger partial charge in [0.1, 0.15) is 5.75 Å². The molecule has 0 saturated heterocycles. The van der Waals surface area contributed by atoms with Crippen LogP contribution in [0, 0.1) is 6.92 Å².